The highest BCUT2D eigenvalue weighted by atomic mass is 16.5. The topological polar surface area (TPSA) is 43.4 Å². The van der Waals surface area contributed by atoms with Crippen LogP contribution < -0.4 is 0 Å². The van der Waals surface area contributed by atoms with E-state index in [0.717, 1.165) is 0 Å². The number of hydrogen-bond donors (Lipinski definition) is 0. The van der Waals surface area contributed by atoms with Gasteiger partial charge in [-0.15, -0.1) is 0 Å². The minimum atomic E-state index is -0.704. The zero-order valence-corrected chi connectivity index (χ0v) is 12.1. The largest absolute Gasteiger partial charge is 0.462 e. The summed E-state index contributed by atoms with van der Waals surface area (Å²) < 4.78 is 5.20. The highest BCUT2D eigenvalue weighted by Crippen LogP contribution is 2.19. The number of ether oxygens (including phenoxy) is 1. The Hall–Kier alpha value is -1.64. The molecule has 0 aliphatic carbocycles. The molecule has 0 fully saturated rings. The summed E-state index contributed by atoms with van der Waals surface area (Å²) in [7, 11) is 0. The number of esters is 1. The maximum Gasteiger partial charge on any atom is 0.317 e. The Morgan fingerprint density at radius 3 is 2.11 bits per heavy atom. The third-order valence-corrected chi connectivity index (χ3v) is 2.72. The van der Waals surface area contributed by atoms with Crippen LogP contribution in [0.2, 0.25) is 0 Å². The summed E-state index contributed by atoms with van der Waals surface area (Å²) >= 11 is 0. The van der Waals surface area contributed by atoms with E-state index in [4.69, 9.17) is 4.74 Å². The van der Waals surface area contributed by atoms with Crippen LogP contribution in [0.4, 0.5) is 0 Å². The van der Waals surface area contributed by atoms with Gasteiger partial charge in [0, 0.05) is 5.56 Å². The Morgan fingerprint density at radius 2 is 1.63 bits per heavy atom. The first-order valence-corrected chi connectivity index (χ1v) is 6.71. The zero-order chi connectivity index (χ0) is 14.4. The molecule has 1 unspecified atom stereocenters. The lowest BCUT2D eigenvalue weighted by molar-refractivity contribution is -0.151. The second kappa shape index (κ2) is 7.07. The first kappa shape index (κ1) is 15.4. The van der Waals surface area contributed by atoms with E-state index in [0.29, 0.717) is 12.0 Å². The van der Waals surface area contributed by atoms with E-state index in [9.17, 15) is 9.59 Å². The Labute approximate surface area is 115 Å². The summed E-state index contributed by atoms with van der Waals surface area (Å²) in [5, 5.41) is 0. The third-order valence-electron chi connectivity index (χ3n) is 2.72. The van der Waals surface area contributed by atoms with Gasteiger partial charge in [-0.25, -0.2) is 0 Å². The van der Waals surface area contributed by atoms with Crippen LogP contribution in [0.3, 0.4) is 0 Å². The first-order valence-electron chi connectivity index (χ1n) is 6.71. The van der Waals surface area contributed by atoms with Crippen molar-refractivity contribution in [3.63, 3.8) is 0 Å². The van der Waals surface area contributed by atoms with Gasteiger partial charge >= 0.3 is 5.97 Å². The molecule has 3 nitrogen and oxygen atoms in total. The summed E-state index contributed by atoms with van der Waals surface area (Å²) in [4.78, 5) is 24.5. The molecule has 3 heteroatoms. The average molecular weight is 262 g/mol. The van der Waals surface area contributed by atoms with E-state index in [2.05, 4.69) is 0 Å². The van der Waals surface area contributed by atoms with Crippen LogP contribution in [0.1, 0.15) is 44.5 Å². The Bertz CT molecular complexity index is 421. The molecule has 0 N–H and O–H groups in total. The molecule has 0 spiro atoms. The maximum absolute atomic E-state index is 12.4. The molecule has 0 aromatic heterocycles. The lowest BCUT2D eigenvalue weighted by atomic mass is 9.90. The molecule has 0 amide bonds. The minimum Gasteiger partial charge on any atom is -0.462 e. The number of hydrogen-bond acceptors (Lipinski definition) is 3. The number of carbonyl (C=O) groups is 2. The smallest absolute Gasteiger partial charge is 0.317 e. The molecule has 0 heterocycles. The van der Waals surface area contributed by atoms with Crippen molar-refractivity contribution in [1.29, 1.82) is 0 Å². The van der Waals surface area contributed by atoms with Gasteiger partial charge in [0.1, 0.15) is 5.92 Å². The predicted octanol–water partition coefficient (Wildman–Crippen LogP) is 3.48. The molecule has 0 radical (unpaired) electrons. The number of ketones is 1. The van der Waals surface area contributed by atoms with Gasteiger partial charge in [-0.05, 0) is 26.2 Å². The molecule has 1 rings (SSSR count). The summed E-state index contributed by atoms with van der Waals surface area (Å²) in [6.45, 7) is 7.57. The predicted molar refractivity (Wildman–Crippen MR) is 74.9 cm³/mol. The normalized spacial score (nSPS) is 12.5. The minimum absolute atomic E-state index is 0.153. The molecule has 0 saturated carbocycles. The molecule has 0 saturated heterocycles. The van der Waals surface area contributed by atoms with Gasteiger partial charge in [0.05, 0.1) is 6.10 Å². The zero-order valence-electron chi connectivity index (χ0n) is 12.1. The molecular formula is C16H22O3. The molecule has 1 aromatic rings. The van der Waals surface area contributed by atoms with E-state index < -0.39 is 11.9 Å². The number of Topliss-reactive ketones (excluding diaryl/α,β-unsaturated/α-hetero) is 1. The Morgan fingerprint density at radius 1 is 1.05 bits per heavy atom. The molecule has 1 aromatic carbocycles. The quantitative estimate of drug-likeness (QED) is 0.448. The van der Waals surface area contributed by atoms with Crippen molar-refractivity contribution >= 4 is 11.8 Å². The van der Waals surface area contributed by atoms with Crippen LogP contribution in [-0.4, -0.2) is 17.9 Å². The second-order valence-corrected chi connectivity index (χ2v) is 5.40. The van der Waals surface area contributed by atoms with Crippen LogP contribution in [0.15, 0.2) is 30.3 Å². The molecule has 0 aliphatic rings. The molecular weight excluding hydrogens is 240 g/mol. The fourth-order valence-electron chi connectivity index (χ4n) is 1.90. The fraction of sp³-hybridized carbons (Fsp3) is 0.500. The monoisotopic (exact) mass is 262 g/mol. The number of carbonyl (C=O) groups excluding carboxylic acids is 2. The van der Waals surface area contributed by atoms with Crippen molar-refractivity contribution in [1.82, 2.24) is 0 Å². The average Bonchev–Trinajstić information content (AvgIpc) is 2.35. The van der Waals surface area contributed by atoms with Gasteiger partial charge in [0.15, 0.2) is 5.78 Å². The van der Waals surface area contributed by atoms with E-state index in [1.807, 2.05) is 19.9 Å². The standard InChI is InChI=1S/C16H22O3/c1-11(2)10-14(16(18)19-12(3)4)15(17)13-8-6-5-7-9-13/h5-9,11-12,14H,10H2,1-4H3. The van der Waals surface area contributed by atoms with Crippen LogP contribution in [0.5, 0.6) is 0 Å². The Kier molecular flexibility index (Phi) is 5.74. The summed E-state index contributed by atoms with van der Waals surface area (Å²) in [6.07, 6.45) is 0.310. The van der Waals surface area contributed by atoms with Crippen LogP contribution in [0.25, 0.3) is 0 Å². The van der Waals surface area contributed by atoms with E-state index >= 15 is 0 Å². The maximum atomic E-state index is 12.4. The molecule has 1 atom stereocenters. The fourth-order valence-corrected chi connectivity index (χ4v) is 1.90. The number of benzene rings is 1. The summed E-state index contributed by atoms with van der Waals surface area (Å²) in [5.74, 6) is -1.01. The van der Waals surface area contributed by atoms with Crippen molar-refractivity contribution in [3.05, 3.63) is 35.9 Å². The summed E-state index contributed by atoms with van der Waals surface area (Å²) in [5.41, 5.74) is 0.564. The van der Waals surface area contributed by atoms with E-state index in [1.54, 1.807) is 38.1 Å². The molecule has 104 valence electrons. The molecule has 0 aliphatic heterocycles. The van der Waals surface area contributed by atoms with Crippen molar-refractivity contribution in [2.24, 2.45) is 11.8 Å². The van der Waals surface area contributed by atoms with Gasteiger partial charge in [0.2, 0.25) is 0 Å². The van der Waals surface area contributed by atoms with Crippen LogP contribution in [-0.2, 0) is 9.53 Å². The third kappa shape index (κ3) is 4.86. The van der Waals surface area contributed by atoms with Crippen molar-refractivity contribution < 1.29 is 14.3 Å². The highest BCUT2D eigenvalue weighted by Gasteiger charge is 2.30. The first-order chi connectivity index (χ1) is 8.91. The van der Waals surface area contributed by atoms with Gasteiger partial charge in [-0.1, -0.05) is 44.2 Å². The highest BCUT2D eigenvalue weighted by molar-refractivity contribution is 6.08. The van der Waals surface area contributed by atoms with Crippen LogP contribution in [0, 0.1) is 11.8 Å². The second-order valence-electron chi connectivity index (χ2n) is 5.40. The van der Waals surface area contributed by atoms with Crippen LogP contribution >= 0.6 is 0 Å². The van der Waals surface area contributed by atoms with Crippen molar-refractivity contribution in [3.8, 4) is 0 Å². The van der Waals surface area contributed by atoms with Crippen molar-refractivity contribution in [2.75, 3.05) is 0 Å². The SMILES string of the molecule is CC(C)CC(C(=O)OC(C)C)C(=O)c1ccccc1. The Balaban J connectivity index is 2.90. The lowest BCUT2D eigenvalue weighted by Crippen LogP contribution is -2.29. The van der Waals surface area contributed by atoms with Crippen molar-refractivity contribution in [2.45, 2.75) is 40.2 Å². The van der Waals surface area contributed by atoms with E-state index in [1.165, 1.54) is 0 Å². The lowest BCUT2D eigenvalue weighted by Gasteiger charge is -2.18. The number of rotatable bonds is 6. The summed E-state index contributed by atoms with van der Waals surface area (Å²) in [6, 6.07) is 8.91. The van der Waals surface area contributed by atoms with Gasteiger partial charge < -0.3 is 4.74 Å². The molecule has 0 bridgehead atoms. The van der Waals surface area contributed by atoms with Gasteiger partial charge in [0.25, 0.3) is 0 Å². The van der Waals surface area contributed by atoms with Gasteiger partial charge in [-0.3, -0.25) is 9.59 Å². The van der Waals surface area contributed by atoms with Gasteiger partial charge in [-0.2, -0.15) is 0 Å². The molecule has 19 heavy (non-hydrogen) atoms. The van der Waals surface area contributed by atoms with E-state index in [-0.39, 0.29) is 17.8 Å².